The molecule has 88 valence electrons. The summed E-state index contributed by atoms with van der Waals surface area (Å²) in [5.74, 6) is 0. The van der Waals surface area contributed by atoms with E-state index in [0.29, 0.717) is 10.0 Å². The number of benzene rings is 1. The van der Waals surface area contributed by atoms with Crippen molar-refractivity contribution in [3.8, 4) is 0 Å². The molecule has 1 aromatic rings. The minimum Gasteiger partial charge on any atom is -0.309 e. The number of rotatable bonds is 3. The van der Waals surface area contributed by atoms with Crippen molar-refractivity contribution in [2.24, 2.45) is 0 Å². The SMILES string of the molecule is CC(C)(C)NCC=Cc1ccc(Cl)c(Cl)c1. The van der Waals surface area contributed by atoms with Crippen LogP contribution in [0.4, 0.5) is 0 Å². The largest absolute Gasteiger partial charge is 0.309 e. The molecule has 0 heterocycles. The van der Waals surface area contributed by atoms with Crippen LogP contribution in [-0.4, -0.2) is 12.1 Å². The molecule has 1 N–H and O–H groups in total. The molecular formula is C13H17Cl2N. The van der Waals surface area contributed by atoms with Crippen molar-refractivity contribution in [3.63, 3.8) is 0 Å². The van der Waals surface area contributed by atoms with E-state index in [1.807, 2.05) is 18.2 Å². The second-order valence-corrected chi connectivity index (χ2v) is 5.52. The predicted molar refractivity (Wildman–Crippen MR) is 73.3 cm³/mol. The summed E-state index contributed by atoms with van der Waals surface area (Å²) in [6.45, 7) is 7.25. The second kappa shape index (κ2) is 5.72. The van der Waals surface area contributed by atoms with E-state index >= 15 is 0 Å². The van der Waals surface area contributed by atoms with Crippen LogP contribution >= 0.6 is 23.2 Å². The monoisotopic (exact) mass is 257 g/mol. The van der Waals surface area contributed by atoms with Gasteiger partial charge < -0.3 is 5.32 Å². The number of nitrogens with one attached hydrogen (secondary N) is 1. The molecule has 0 bridgehead atoms. The Morgan fingerprint density at radius 3 is 2.44 bits per heavy atom. The first-order valence-electron chi connectivity index (χ1n) is 5.25. The first-order chi connectivity index (χ1) is 7.38. The molecule has 1 aromatic carbocycles. The van der Waals surface area contributed by atoms with Gasteiger partial charge in [-0.05, 0) is 38.5 Å². The molecule has 3 heteroatoms. The van der Waals surface area contributed by atoms with Crippen LogP contribution in [0.2, 0.25) is 10.0 Å². The van der Waals surface area contributed by atoms with E-state index < -0.39 is 0 Å². The Kier molecular flexibility index (Phi) is 4.85. The normalized spacial score (nSPS) is 12.3. The lowest BCUT2D eigenvalue weighted by Crippen LogP contribution is -2.35. The smallest absolute Gasteiger partial charge is 0.0598 e. The van der Waals surface area contributed by atoms with Crippen molar-refractivity contribution < 1.29 is 0 Å². The molecule has 0 aliphatic rings. The number of halogens is 2. The van der Waals surface area contributed by atoms with Crippen LogP contribution in [0.25, 0.3) is 6.08 Å². The molecule has 0 spiro atoms. The molecule has 0 amide bonds. The van der Waals surface area contributed by atoms with Gasteiger partial charge >= 0.3 is 0 Å². The maximum Gasteiger partial charge on any atom is 0.0598 e. The van der Waals surface area contributed by atoms with Gasteiger partial charge in [-0.3, -0.25) is 0 Å². The summed E-state index contributed by atoms with van der Waals surface area (Å²) >= 11 is 11.8. The lowest BCUT2D eigenvalue weighted by Gasteiger charge is -2.18. The van der Waals surface area contributed by atoms with Crippen molar-refractivity contribution in [1.29, 1.82) is 0 Å². The van der Waals surface area contributed by atoms with Gasteiger partial charge in [-0.15, -0.1) is 0 Å². The van der Waals surface area contributed by atoms with Crippen molar-refractivity contribution in [1.82, 2.24) is 5.32 Å². The summed E-state index contributed by atoms with van der Waals surface area (Å²) in [5, 5.41) is 4.55. The standard InChI is InChI=1S/C13H17Cl2N/c1-13(2,3)16-8-4-5-10-6-7-11(14)12(15)9-10/h4-7,9,16H,8H2,1-3H3. The van der Waals surface area contributed by atoms with E-state index in [4.69, 9.17) is 23.2 Å². The zero-order valence-corrected chi connectivity index (χ0v) is 11.4. The Bertz CT molecular complexity index is 378. The fourth-order valence-corrected chi connectivity index (χ4v) is 1.48. The molecular weight excluding hydrogens is 241 g/mol. The van der Waals surface area contributed by atoms with Crippen molar-refractivity contribution in [3.05, 3.63) is 39.9 Å². The molecule has 0 fully saturated rings. The molecule has 0 aromatic heterocycles. The highest BCUT2D eigenvalue weighted by atomic mass is 35.5. The van der Waals surface area contributed by atoms with Gasteiger partial charge in [0.15, 0.2) is 0 Å². The summed E-state index contributed by atoms with van der Waals surface area (Å²) in [6, 6.07) is 5.61. The molecule has 16 heavy (non-hydrogen) atoms. The molecule has 0 saturated carbocycles. The maximum atomic E-state index is 5.92. The van der Waals surface area contributed by atoms with E-state index in [0.717, 1.165) is 12.1 Å². The van der Waals surface area contributed by atoms with E-state index in [2.05, 4.69) is 32.2 Å². The van der Waals surface area contributed by atoms with Gasteiger partial charge in [-0.1, -0.05) is 41.4 Å². The predicted octanol–water partition coefficient (Wildman–Crippen LogP) is 4.39. The molecule has 0 radical (unpaired) electrons. The van der Waals surface area contributed by atoms with E-state index in [9.17, 15) is 0 Å². The number of hydrogen-bond acceptors (Lipinski definition) is 1. The summed E-state index contributed by atoms with van der Waals surface area (Å²) in [6.07, 6.45) is 4.10. The molecule has 0 atom stereocenters. The first-order valence-corrected chi connectivity index (χ1v) is 6.01. The average Bonchev–Trinajstić information content (AvgIpc) is 2.17. The summed E-state index contributed by atoms with van der Waals surface area (Å²) in [7, 11) is 0. The minimum atomic E-state index is 0.141. The third-order valence-corrected chi connectivity index (χ3v) is 2.74. The third-order valence-electron chi connectivity index (χ3n) is 2.00. The van der Waals surface area contributed by atoms with Crippen LogP contribution < -0.4 is 5.32 Å². The third kappa shape index (κ3) is 5.02. The van der Waals surface area contributed by atoms with Crippen LogP contribution in [0.3, 0.4) is 0 Å². The highest BCUT2D eigenvalue weighted by molar-refractivity contribution is 6.42. The molecule has 0 aliphatic heterocycles. The van der Waals surface area contributed by atoms with Crippen molar-refractivity contribution >= 4 is 29.3 Å². The molecule has 1 nitrogen and oxygen atoms in total. The van der Waals surface area contributed by atoms with Gasteiger partial charge in [0.05, 0.1) is 10.0 Å². The lowest BCUT2D eigenvalue weighted by molar-refractivity contribution is 0.450. The average molecular weight is 258 g/mol. The van der Waals surface area contributed by atoms with Gasteiger partial charge in [0.2, 0.25) is 0 Å². The highest BCUT2D eigenvalue weighted by Gasteiger charge is 2.05. The Balaban J connectivity index is 2.53. The second-order valence-electron chi connectivity index (χ2n) is 4.71. The Labute approximate surface area is 107 Å². The lowest BCUT2D eigenvalue weighted by atomic mass is 10.1. The van der Waals surface area contributed by atoms with Gasteiger partial charge in [-0.2, -0.15) is 0 Å². The van der Waals surface area contributed by atoms with Crippen molar-refractivity contribution in [2.75, 3.05) is 6.54 Å². The molecule has 0 aliphatic carbocycles. The summed E-state index contributed by atoms with van der Waals surface area (Å²) in [5.41, 5.74) is 1.20. The van der Waals surface area contributed by atoms with Crippen LogP contribution in [0.15, 0.2) is 24.3 Å². The Hall–Kier alpha value is -0.500. The molecule has 0 unspecified atom stereocenters. The van der Waals surface area contributed by atoms with Gasteiger partial charge in [-0.25, -0.2) is 0 Å². The van der Waals surface area contributed by atoms with E-state index in [1.165, 1.54) is 0 Å². The van der Waals surface area contributed by atoms with Crippen LogP contribution in [0.5, 0.6) is 0 Å². The first kappa shape index (κ1) is 13.6. The topological polar surface area (TPSA) is 12.0 Å². The number of hydrogen-bond donors (Lipinski definition) is 1. The zero-order valence-electron chi connectivity index (χ0n) is 9.85. The van der Waals surface area contributed by atoms with Crippen molar-refractivity contribution in [2.45, 2.75) is 26.3 Å². The van der Waals surface area contributed by atoms with Crippen LogP contribution in [0, 0.1) is 0 Å². The van der Waals surface area contributed by atoms with Gasteiger partial charge in [0.1, 0.15) is 0 Å². The molecule has 1 rings (SSSR count). The van der Waals surface area contributed by atoms with E-state index in [1.54, 1.807) is 6.07 Å². The van der Waals surface area contributed by atoms with Crippen LogP contribution in [-0.2, 0) is 0 Å². The van der Waals surface area contributed by atoms with Gasteiger partial charge in [0, 0.05) is 12.1 Å². The van der Waals surface area contributed by atoms with Gasteiger partial charge in [0.25, 0.3) is 0 Å². The Morgan fingerprint density at radius 1 is 1.19 bits per heavy atom. The minimum absolute atomic E-state index is 0.141. The summed E-state index contributed by atoms with van der Waals surface area (Å²) < 4.78 is 0. The fraction of sp³-hybridized carbons (Fsp3) is 0.385. The maximum absolute atomic E-state index is 5.92. The highest BCUT2D eigenvalue weighted by Crippen LogP contribution is 2.22. The molecule has 0 saturated heterocycles. The summed E-state index contributed by atoms with van der Waals surface area (Å²) in [4.78, 5) is 0. The Morgan fingerprint density at radius 2 is 1.88 bits per heavy atom. The van der Waals surface area contributed by atoms with E-state index in [-0.39, 0.29) is 5.54 Å². The quantitative estimate of drug-likeness (QED) is 0.847. The fourth-order valence-electron chi connectivity index (χ4n) is 1.18. The van der Waals surface area contributed by atoms with Crippen LogP contribution in [0.1, 0.15) is 26.3 Å². The zero-order chi connectivity index (χ0) is 12.2.